The number of carbonyl (C=O) groups excluding carboxylic acids is 1. The number of hydrogen-bond donors (Lipinski definition) is 1. The molecule has 0 aliphatic carbocycles. The Hall–Kier alpha value is -3.52. The smallest absolute Gasteiger partial charge is 0.354 e. The van der Waals surface area contributed by atoms with E-state index < -0.39 is 48.5 Å². The number of likely N-dealkylation sites (tertiary alicyclic amines) is 1. The molecule has 0 spiro atoms. The maximum atomic E-state index is 15.0. The van der Waals surface area contributed by atoms with E-state index in [-0.39, 0.29) is 30.8 Å². The lowest BCUT2D eigenvalue weighted by Gasteiger charge is -2.37. The Morgan fingerprint density at radius 1 is 1.00 bits per heavy atom. The fourth-order valence-corrected chi connectivity index (χ4v) is 5.16. The quantitative estimate of drug-likeness (QED) is 0.439. The lowest BCUT2D eigenvalue weighted by Crippen LogP contribution is -2.45. The van der Waals surface area contributed by atoms with Gasteiger partial charge in [0, 0.05) is 82.0 Å². The number of hydrogen-bond acceptors (Lipinski definition) is 7. The lowest BCUT2D eigenvalue weighted by atomic mass is 10.0. The molecule has 3 aromatic rings. The van der Waals surface area contributed by atoms with E-state index in [1.54, 1.807) is 17.0 Å². The Morgan fingerprint density at radius 2 is 1.66 bits per heavy atom. The molecule has 1 unspecified atom stereocenters. The molecule has 0 bridgehead atoms. The van der Waals surface area contributed by atoms with Gasteiger partial charge in [0.2, 0.25) is 5.82 Å². The molecule has 1 aromatic carbocycles. The van der Waals surface area contributed by atoms with E-state index in [1.165, 1.54) is 6.07 Å². The van der Waals surface area contributed by atoms with Crippen molar-refractivity contribution in [2.45, 2.75) is 31.0 Å². The number of nitrogens with zero attached hydrogens (tertiary/aromatic N) is 6. The Kier molecular flexibility index (Phi) is 8.06. The van der Waals surface area contributed by atoms with Crippen LogP contribution in [0.2, 0.25) is 0 Å². The van der Waals surface area contributed by atoms with Crippen LogP contribution in [0, 0.1) is 5.82 Å². The predicted molar refractivity (Wildman–Crippen MR) is 139 cm³/mol. The Bertz CT molecular complexity index is 1380. The van der Waals surface area contributed by atoms with Gasteiger partial charge in [-0.05, 0) is 31.3 Å². The van der Waals surface area contributed by atoms with Crippen LogP contribution in [-0.4, -0.2) is 89.4 Å². The maximum Gasteiger partial charge on any atom is 0.451 e. The first kappa shape index (κ1) is 29.0. The SMILES string of the molecule is CN1CCN(c2ccc3c(C(=O)NCC(c4cnc(C(F)(F)F)nc4)N4CCC(F)(F)CC4)c(F)ccc3n2)CC1. The average Bonchev–Trinajstić information content (AvgIpc) is 2.93. The summed E-state index contributed by atoms with van der Waals surface area (Å²) in [6.07, 6.45) is -3.70. The molecule has 1 atom stereocenters. The normalized spacial score (nSPS) is 19.3. The molecule has 0 radical (unpaired) electrons. The van der Waals surface area contributed by atoms with Crippen LogP contribution in [0.15, 0.2) is 36.7 Å². The van der Waals surface area contributed by atoms with Gasteiger partial charge in [0.15, 0.2) is 0 Å². The second kappa shape index (κ2) is 11.4. The highest BCUT2D eigenvalue weighted by Crippen LogP contribution is 2.33. The Balaban J connectivity index is 1.37. The molecule has 2 saturated heterocycles. The third kappa shape index (κ3) is 6.53. The number of anilines is 1. The van der Waals surface area contributed by atoms with E-state index in [2.05, 4.69) is 30.1 Å². The molecule has 1 N–H and O–H groups in total. The van der Waals surface area contributed by atoms with Crippen LogP contribution >= 0.6 is 0 Å². The molecule has 2 aromatic heterocycles. The minimum Gasteiger partial charge on any atom is -0.354 e. The highest BCUT2D eigenvalue weighted by Gasteiger charge is 2.38. The summed E-state index contributed by atoms with van der Waals surface area (Å²) in [5.74, 6) is -5.01. The third-order valence-electron chi connectivity index (χ3n) is 7.60. The van der Waals surface area contributed by atoms with Gasteiger partial charge in [-0.25, -0.2) is 28.1 Å². The van der Waals surface area contributed by atoms with Crippen LogP contribution < -0.4 is 10.2 Å². The van der Waals surface area contributed by atoms with Crippen molar-refractivity contribution in [3.05, 3.63) is 59.4 Å². The van der Waals surface area contributed by atoms with Crippen LogP contribution in [-0.2, 0) is 6.18 Å². The van der Waals surface area contributed by atoms with Gasteiger partial charge in [0.05, 0.1) is 17.1 Å². The number of aromatic nitrogens is 3. The van der Waals surface area contributed by atoms with Gasteiger partial charge in [0.1, 0.15) is 11.6 Å². The summed E-state index contributed by atoms with van der Waals surface area (Å²) in [4.78, 5) is 30.7. The molecule has 220 valence electrons. The predicted octanol–water partition coefficient (Wildman–Crippen LogP) is 4.14. The molecule has 2 aliphatic heterocycles. The van der Waals surface area contributed by atoms with Crippen molar-refractivity contribution in [3.63, 3.8) is 0 Å². The topological polar surface area (TPSA) is 77.5 Å². The number of alkyl halides is 5. The van der Waals surface area contributed by atoms with Gasteiger partial charge < -0.3 is 15.1 Å². The van der Waals surface area contributed by atoms with Gasteiger partial charge in [-0.2, -0.15) is 13.2 Å². The summed E-state index contributed by atoms with van der Waals surface area (Å²) >= 11 is 0. The van der Waals surface area contributed by atoms with Crippen molar-refractivity contribution in [1.29, 1.82) is 0 Å². The average molecular weight is 582 g/mol. The summed E-state index contributed by atoms with van der Waals surface area (Å²) in [5, 5.41) is 2.95. The van der Waals surface area contributed by atoms with Gasteiger partial charge in [0.25, 0.3) is 11.8 Å². The first-order valence-electron chi connectivity index (χ1n) is 13.2. The standard InChI is InChI=1S/C27H29F6N7O/c1-38-10-12-40(13-11-38)22-5-2-18-20(37-22)4-3-19(28)23(18)24(41)34-16-21(39-8-6-26(29,30)7-9-39)17-14-35-25(36-15-17)27(31,32)33/h2-5,14-15,21H,6-13,16H2,1H3,(H,34,41). The molecular weight excluding hydrogens is 552 g/mol. The number of pyridine rings is 1. The van der Waals surface area contributed by atoms with Crippen LogP contribution in [0.3, 0.4) is 0 Å². The number of amides is 1. The number of benzene rings is 1. The third-order valence-corrected chi connectivity index (χ3v) is 7.60. The molecule has 0 saturated carbocycles. The number of fused-ring (bicyclic) bond motifs is 1. The Labute approximate surface area is 232 Å². The second-order valence-corrected chi connectivity index (χ2v) is 10.4. The maximum absolute atomic E-state index is 15.0. The van der Waals surface area contributed by atoms with Crippen molar-refractivity contribution < 1.29 is 31.1 Å². The molecule has 5 rings (SSSR count). The van der Waals surface area contributed by atoms with Crippen molar-refractivity contribution in [3.8, 4) is 0 Å². The van der Waals surface area contributed by atoms with Gasteiger partial charge in [-0.1, -0.05) is 0 Å². The summed E-state index contributed by atoms with van der Waals surface area (Å²) in [6.45, 7) is 2.99. The van der Waals surface area contributed by atoms with E-state index in [4.69, 9.17) is 0 Å². The van der Waals surface area contributed by atoms with Crippen LogP contribution in [0.4, 0.5) is 32.2 Å². The second-order valence-electron chi connectivity index (χ2n) is 10.4. The number of piperazine rings is 1. The van der Waals surface area contributed by atoms with E-state index in [0.717, 1.165) is 44.6 Å². The van der Waals surface area contributed by atoms with Crippen LogP contribution in [0.1, 0.15) is 40.6 Å². The number of likely N-dealkylation sites (N-methyl/N-ethyl adjacent to an activating group) is 1. The molecular formula is C27H29F6N7O. The summed E-state index contributed by atoms with van der Waals surface area (Å²) in [6, 6.07) is 5.22. The molecule has 2 aliphatic rings. The highest BCUT2D eigenvalue weighted by atomic mass is 19.4. The van der Waals surface area contributed by atoms with Crippen LogP contribution in [0.25, 0.3) is 10.9 Å². The minimum atomic E-state index is -4.75. The van der Waals surface area contributed by atoms with E-state index in [0.29, 0.717) is 16.7 Å². The van der Waals surface area contributed by atoms with Crippen molar-refractivity contribution in [1.82, 2.24) is 30.1 Å². The molecule has 4 heterocycles. The number of nitrogens with one attached hydrogen (secondary N) is 1. The number of halogens is 6. The van der Waals surface area contributed by atoms with E-state index in [9.17, 15) is 31.1 Å². The van der Waals surface area contributed by atoms with Gasteiger partial charge in [-0.3, -0.25) is 9.69 Å². The van der Waals surface area contributed by atoms with Gasteiger partial charge >= 0.3 is 6.18 Å². The minimum absolute atomic E-state index is 0.0593. The number of carbonyl (C=O) groups is 1. The van der Waals surface area contributed by atoms with Crippen LogP contribution in [0.5, 0.6) is 0 Å². The zero-order chi connectivity index (χ0) is 29.4. The Morgan fingerprint density at radius 3 is 2.29 bits per heavy atom. The number of piperidine rings is 1. The molecule has 2 fully saturated rings. The zero-order valence-electron chi connectivity index (χ0n) is 22.3. The lowest BCUT2D eigenvalue weighted by molar-refractivity contribution is -0.145. The van der Waals surface area contributed by atoms with Gasteiger partial charge in [-0.15, -0.1) is 0 Å². The monoisotopic (exact) mass is 581 g/mol. The largest absolute Gasteiger partial charge is 0.451 e. The fourth-order valence-electron chi connectivity index (χ4n) is 5.16. The van der Waals surface area contributed by atoms with Crippen molar-refractivity contribution >= 4 is 22.6 Å². The first-order chi connectivity index (χ1) is 19.4. The van der Waals surface area contributed by atoms with Crippen molar-refractivity contribution in [2.75, 3.05) is 57.8 Å². The molecule has 8 nitrogen and oxygen atoms in total. The van der Waals surface area contributed by atoms with Crippen molar-refractivity contribution in [2.24, 2.45) is 0 Å². The summed E-state index contributed by atoms with van der Waals surface area (Å²) in [5.41, 5.74) is 0.409. The zero-order valence-corrected chi connectivity index (χ0v) is 22.3. The summed E-state index contributed by atoms with van der Waals surface area (Å²) < 4.78 is 81.6. The molecule has 14 heteroatoms. The number of rotatable bonds is 6. The van der Waals surface area contributed by atoms with E-state index >= 15 is 0 Å². The van der Waals surface area contributed by atoms with E-state index in [1.807, 2.05) is 7.05 Å². The molecule has 1 amide bonds. The fraction of sp³-hybridized carbons (Fsp3) is 0.481. The highest BCUT2D eigenvalue weighted by molar-refractivity contribution is 6.06. The summed E-state index contributed by atoms with van der Waals surface area (Å²) in [7, 11) is 2.04. The molecule has 41 heavy (non-hydrogen) atoms. The first-order valence-corrected chi connectivity index (χ1v) is 13.2.